The van der Waals surface area contributed by atoms with E-state index in [0.717, 1.165) is 37.3 Å². The van der Waals surface area contributed by atoms with Crippen LogP contribution in [0, 0.1) is 6.92 Å². The molecule has 0 amide bonds. The van der Waals surface area contributed by atoms with Crippen LogP contribution in [0.25, 0.3) is 0 Å². The van der Waals surface area contributed by atoms with Crippen molar-refractivity contribution in [3.63, 3.8) is 0 Å². The Balaban J connectivity index is 0.000000980. The molecule has 3 N–H and O–H groups in total. The molecule has 4 nitrogen and oxygen atoms in total. The highest BCUT2D eigenvalue weighted by Gasteiger charge is 2.22. The molecule has 0 unspecified atom stereocenters. The molecule has 0 aromatic carbocycles. The number of nitrogens with zero attached hydrogens (tertiary/aromatic N) is 2. The summed E-state index contributed by atoms with van der Waals surface area (Å²) in [4.78, 5) is 4.35. The highest BCUT2D eigenvalue weighted by molar-refractivity contribution is 5.85. The van der Waals surface area contributed by atoms with Gasteiger partial charge in [-0.2, -0.15) is 5.10 Å². The van der Waals surface area contributed by atoms with Gasteiger partial charge in [-0.25, -0.2) is 4.98 Å². The summed E-state index contributed by atoms with van der Waals surface area (Å²) in [5.41, 5.74) is 5.83. The van der Waals surface area contributed by atoms with Gasteiger partial charge < -0.3 is 5.73 Å². The van der Waals surface area contributed by atoms with Crippen LogP contribution < -0.4 is 5.73 Å². The summed E-state index contributed by atoms with van der Waals surface area (Å²) < 4.78 is 0. The van der Waals surface area contributed by atoms with Gasteiger partial charge in [-0.1, -0.05) is 0 Å². The average Bonchev–Trinajstić information content (AvgIpc) is 2.53. The lowest BCUT2D eigenvalue weighted by Crippen LogP contribution is -2.26. The first-order valence-corrected chi connectivity index (χ1v) is 4.90. The Morgan fingerprint density at radius 1 is 1.29 bits per heavy atom. The van der Waals surface area contributed by atoms with Crippen molar-refractivity contribution in [3.05, 3.63) is 11.6 Å². The van der Waals surface area contributed by atoms with Crippen molar-refractivity contribution in [2.45, 2.75) is 44.6 Å². The molecule has 1 aliphatic carbocycles. The van der Waals surface area contributed by atoms with Crippen molar-refractivity contribution in [2.75, 3.05) is 0 Å². The standard InChI is InChI=1S/C9H16N4.ClH/c1-6-11-9(13-12-6)7-2-4-8(10)5-3-7;/h7-8H,2-5,10H2,1H3,(H,11,12,13);1H/t7-,8+;. The van der Waals surface area contributed by atoms with Crippen LogP contribution in [0.2, 0.25) is 0 Å². The minimum atomic E-state index is 0. The fraction of sp³-hybridized carbons (Fsp3) is 0.778. The lowest BCUT2D eigenvalue weighted by atomic mass is 9.86. The van der Waals surface area contributed by atoms with Crippen LogP contribution in [-0.2, 0) is 0 Å². The SMILES string of the molecule is Cc1n[nH]c([C@H]2CC[C@@H](N)CC2)n1.Cl. The number of nitrogens with two attached hydrogens (primary N) is 1. The van der Waals surface area contributed by atoms with E-state index < -0.39 is 0 Å². The molecule has 1 saturated carbocycles. The number of H-pyrrole nitrogens is 1. The van der Waals surface area contributed by atoms with Gasteiger partial charge in [0, 0.05) is 12.0 Å². The maximum atomic E-state index is 5.83. The van der Waals surface area contributed by atoms with Crippen molar-refractivity contribution in [3.8, 4) is 0 Å². The molecule has 14 heavy (non-hydrogen) atoms. The van der Waals surface area contributed by atoms with E-state index >= 15 is 0 Å². The Bertz CT molecular complexity index is 278. The Kier molecular flexibility index (Phi) is 3.89. The van der Waals surface area contributed by atoms with Crippen molar-refractivity contribution in [2.24, 2.45) is 5.73 Å². The zero-order chi connectivity index (χ0) is 9.26. The fourth-order valence-electron chi connectivity index (χ4n) is 1.94. The van der Waals surface area contributed by atoms with Gasteiger partial charge in [0.25, 0.3) is 0 Å². The van der Waals surface area contributed by atoms with Crippen LogP contribution in [-0.4, -0.2) is 21.2 Å². The molecule has 0 radical (unpaired) electrons. The highest BCUT2D eigenvalue weighted by atomic mass is 35.5. The zero-order valence-electron chi connectivity index (χ0n) is 8.36. The van der Waals surface area contributed by atoms with Gasteiger partial charge in [-0.05, 0) is 32.6 Å². The summed E-state index contributed by atoms with van der Waals surface area (Å²) >= 11 is 0. The quantitative estimate of drug-likeness (QED) is 0.748. The third kappa shape index (κ3) is 2.45. The van der Waals surface area contributed by atoms with Crippen LogP contribution >= 0.6 is 12.4 Å². The largest absolute Gasteiger partial charge is 0.328 e. The molecule has 80 valence electrons. The summed E-state index contributed by atoms with van der Waals surface area (Å²) in [6, 6.07) is 0.403. The second-order valence-corrected chi connectivity index (χ2v) is 3.88. The van der Waals surface area contributed by atoms with Crippen molar-refractivity contribution in [1.29, 1.82) is 0 Å². The molecule has 0 aliphatic heterocycles. The fourth-order valence-corrected chi connectivity index (χ4v) is 1.94. The monoisotopic (exact) mass is 216 g/mol. The molecule has 1 aromatic rings. The van der Waals surface area contributed by atoms with Gasteiger partial charge in [0.05, 0.1) is 0 Å². The van der Waals surface area contributed by atoms with Crippen LogP contribution in [0.4, 0.5) is 0 Å². The third-order valence-electron chi connectivity index (χ3n) is 2.77. The number of aromatic nitrogens is 3. The minimum Gasteiger partial charge on any atom is -0.328 e. The van der Waals surface area contributed by atoms with Crippen molar-refractivity contribution in [1.82, 2.24) is 15.2 Å². The van der Waals surface area contributed by atoms with E-state index in [1.807, 2.05) is 6.92 Å². The van der Waals surface area contributed by atoms with Gasteiger partial charge >= 0.3 is 0 Å². The van der Waals surface area contributed by atoms with Crippen LogP contribution in [0.5, 0.6) is 0 Å². The third-order valence-corrected chi connectivity index (χ3v) is 2.77. The number of rotatable bonds is 1. The first kappa shape index (κ1) is 11.5. The summed E-state index contributed by atoms with van der Waals surface area (Å²) in [6.45, 7) is 1.91. The average molecular weight is 217 g/mol. The first-order valence-electron chi connectivity index (χ1n) is 4.90. The maximum absolute atomic E-state index is 5.83. The molecule has 1 aromatic heterocycles. The van der Waals surface area contributed by atoms with Gasteiger partial charge in [0.2, 0.25) is 0 Å². The predicted molar refractivity (Wildman–Crippen MR) is 57.6 cm³/mol. The highest BCUT2D eigenvalue weighted by Crippen LogP contribution is 2.29. The molecule has 0 spiro atoms. The summed E-state index contributed by atoms with van der Waals surface area (Å²) in [5.74, 6) is 2.44. The van der Waals surface area contributed by atoms with Crippen molar-refractivity contribution >= 4 is 12.4 Å². The van der Waals surface area contributed by atoms with Crippen LogP contribution in [0.3, 0.4) is 0 Å². The molecule has 0 atom stereocenters. The summed E-state index contributed by atoms with van der Waals surface area (Å²) in [6.07, 6.45) is 4.53. The minimum absolute atomic E-state index is 0. The first-order chi connectivity index (χ1) is 6.25. The molecule has 1 heterocycles. The van der Waals surface area contributed by atoms with E-state index in [2.05, 4.69) is 15.2 Å². The normalized spacial score (nSPS) is 27.0. The van der Waals surface area contributed by atoms with Crippen LogP contribution in [0.1, 0.15) is 43.3 Å². The Labute approximate surface area is 90.1 Å². The molecule has 1 aliphatic rings. The van der Waals surface area contributed by atoms with E-state index in [4.69, 9.17) is 5.73 Å². The molecule has 1 fully saturated rings. The topological polar surface area (TPSA) is 67.6 Å². The maximum Gasteiger partial charge on any atom is 0.147 e. The van der Waals surface area contributed by atoms with Gasteiger partial charge in [0.1, 0.15) is 11.6 Å². The number of nitrogens with one attached hydrogen (secondary N) is 1. The summed E-state index contributed by atoms with van der Waals surface area (Å²) in [5, 5.41) is 7.03. The number of aryl methyl sites for hydroxylation is 1. The molecule has 2 rings (SSSR count). The van der Waals surface area contributed by atoms with E-state index in [9.17, 15) is 0 Å². The van der Waals surface area contributed by atoms with Crippen LogP contribution in [0.15, 0.2) is 0 Å². The second-order valence-electron chi connectivity index (χ2n) is 3.88. The lowest BCUT2D eigenvalue weighted by molar-refractivity contribution is 0.385. The Morgan fingerprint density at radius 2 is 1.93 bits per heavy atom. The van der Waals surface area contributed by atoms with E-state index in [1.165, 1.54) is 0 Å². The summed E-state index contributed by atoms with van der Waals surface area (Å²) in [7, 11) is 0. The van der Waals surface area contributed by atoms with E-state index in [-0.39, 0.29) is 12.4 Å². The molecule has 0 saturated heterocycles. The Hall–Kier alpha value is -0.610. The number of hydrogen-bond donors (Lipinski definition) is 2. The van der Waals surface area contributed by atoms with E-state index in [1.54, 1.807) is 0 Å². The van der Waals surface area contributed by atoms with Crippen molar-refractivity contribution < 1.29 is 0 Å². The van der Waals surface area contributed by atoms with Gasteiger partial charge in [-0.3, -0.25) is 5.10 Å². The van der Waals surface area contributed by atoms with Gasteiger partial charge in [-0.15, -0.1) is 12.4 Å². The van der Waals surface area contributed by atoms with E-state index in [0.29, 0.717) is 12.0 Å². The Morgan fingerprint density at radius 3 is 2.43 bits per heavy atom. The second kappa shape index (κ2) is 4.75. The number of hydrogen-bond acceptors (Lipinski definition) is 3. The number of halogens is 1. The smallest absolute Gasteiger partial charge is 0.147 e. The molecular formula is C9H17ClN4. The molecule has 5 heteroatoms. The molecule has 0 bridgehead atoms. The molecular weight excluding hydrogens is 200 g/mol. The number of aromatic amines is 1. The van der Waals surface area contributed by atoms with Gasteiger partial charge in [0.15, 0.2) is 0 Å². The lowest BCUT2D eigenvalue weighted by Gasteiger charge is -2.23. The zero-order valence-corrected chi connectivity index (χ0v) is 9.18. The predicted octanol–water partition coefficient (Wildman–Crippen LogP) is 1.52.